The zero-order valence-corrected chi connectivity index (χ0v) is 7.53. The Kier molecular flexibility index (Phi) is 2.02. The Morgan fingerprint density at radius 2 is 2.31 bits per heavy atom. The predicted molar refractivity (Wildman–Crippen MR) is 50.0 cm³/mol. The van der Waals surface area contributed by atoms with Gasteiger partial charge in [-0.15, -0.1) is 0 Å². The summed E-state index contributed by atoms with van der Waals surface area (Å²) >= 11 is 0. The highest BCUT2D eigenvalue weighted by Gasteiger charge is 2.02. The molecule has 0 amide bonds. The molecule has 1 aromatic heterocycles. The molecule has 1 radical (unpaired) electrons. The van der Waals surface area contributed by atoms with Crippen molar-refractivity contribution in [3.8, 4) is 0 Å². The van der Waals surface area contributed by atoms with Crippen LogP contribution in [0.4, 0.5) is 0 Å². The lowest BCUT2D eigenvalue weighted by Crippen LogP contribution is -1.98. The van der Waals surface area contributed by atoms with Crippen LogP contribution in [-0.2, 0) is 11.7 Å². The van der Waals surface area contributed by atoms with Crippen LogP contribution in [0.15, 0.2) is 24.5 Å². The van der Waals surface area contributed by atoms with Crippen LogP contribution in [0.3, 0.4) is 0 Å². The molecule has 1 aromatic carbocycles. The Hall–Kier alpha value is -1.35. The summed E-state index contributed by atoms with van der Waals surface area (Å²) in [4.78, 5) is 4.26. The molecule has 0 saturated heterocycles. The quantitative estimate of drug-likeness (QED) is 0.685. The van der Waals surface area contributed by atoms with Crippen molar-refractivity contribution in [2.24, 2.45) is 0 Å². The summed E-state index contributed by atoms with van der Waals surface area (Å²) in [5, 5.41) is 10.5. The lowest BCUT2D eigenvalue weighted by Gasteiger charge is -1.99. The molecule has 1 heterocycles. The number of hydrogen-bond acceptors (Lipinski definition) is 1. The van der Waals surface area contributed by atoms with E-state index in [9.17, 15) is 5.11 Å². The molecule has 0 aliphatic rings. The van der Waals surface area contributed by atoms with E-state index in [0.29, 0.717) is 6.54 Å². The molecule has 3 nitrogen and oxygen atoms in total. The van der Waals surface area contributed by atoms with Gasteiger partial charge < -0.3 is 4.57 Å². The number of fused-ring (bicyclic) bond motifs is 1. The summed E-state index contributed by atoms with van der Waals surface area (Å²) in [5.41, 5.74) is 3.20. The molecule has 3 heteroatoms. The van der Waals surface area contributed by atoms with Crippen LogP contribution in [0.1, 0.15) is 5.56 Å². The second-order valence-electron chi connectivity index (χ2n) is 3.08. The van der Waals surface area contributed by atoms with Gasteiger partial charge in [-0.3, -0.25) is 0 Å². The van der Waals surface area contributed by atoms with Crippen molar-refractivity contribution in [2.45, 2.75) is 13.5 Å². The van der Waals surface area contributed by atoms with Crippen LogP contribution in [0, 0.1) is 6.92 Å². The standard InChI is InChI=1S/C10H11N2O/c1-8-3-2-4-9-10(8)11-7-12(9)5-6-13/h2-4,7H,5-6H2,1H3. The normalized spacial score (nSPS) is 10.9. The van der Waals surface area contributed by atoms with Crippen molar-refractivity contribution < 1.29 is 5.11 Å². The van der Waals surface area contributed by atoms with Crippen molar-refractivity contribution in [1.82, 2.24) is 9.55 Å². The third kappa shape index (κ3) is 1.31. The average molecular weight is 175 g/mol. The Labute approximate surface area is 76.6 Å². The van der Waals surface area contributed by atoms with Crippen molar-refractivity contribution >= 4 is 11.0 Å². The topological polar surface area (TPSA) is 37.7 Å². The summed E-state index contributed by atoms with van der Waals surface area (Å²) in [6.07, 6.45) is 1.73. The van der Waals surface area contributed by atoms with E-state index in [4.69, 9.17) is 0 Å². The van der Waals surface area contributed by atoms with Crippen LogP contribution in [0.2, 0.25) is 0 Å². The van der Waals surface area contributed by atoms with E-state index in [1.807, 2.05) is 29.7 Å². The molecule has 2 aromatic rings. The second kappa shape index (κ2) is 3.18. The zero-order valence-electron chi connectivity index (χ0n) is 7.53. The van der Waals surface area contributed by atoms with E-state index in [0.717, 1.165) is 16.6 Å². The number of rotatable bonds is 2. The first-order valence-corrected chi connectivity index (χ1v) is 4.31. The average Bonchev–Trinajstić information content (AvgIpc) is 2.51. The van der Waals surface area contributed by atoms with Gasteiger partial charge in [-0.1, -0.05) is 12.1 Å². The summed E-state index contributed by atoms with van der Waals surface area (Å²) in [6, 6.07) is 6.00. The molecule has 0 aliphatic heterocycles. The van der Waals surface area contributed by atoms with Crippen LogP contribution < -0.4 is 0 Å². The molecule has 0 bridgehead atoms. The van der Waals surface area contributed by atoms with Gasteiger partial charge in [-0.05, 0) is 18.6 Å². The SMILES string of the molecule is Cc1cccc2c1ncn2CC[O]. The number of aryl methyl sites for hydroxylation is 1. The monoisotopic (exact) mass is 175 g/mol. The van der Waals surface area contributed by atoms with E-state index in [-0.39, 0.29) is 6.61 Å². The van der Waals surface area contributed by atoms with Crippen molar-refractivity contribution in [1.29, 1.82) is 0 Å². The third-order valence-corrected chi connectivity index (χ3v) is 2.18. The summed E-state index contributed by atoms with van der Waals surface area (Å²) in [7, 11) is 0. The fourth-order valence-electron chi connectivity index (χ4n) is 1.51. The number of hydrogen-bond donors (Lipinski definition) is 0. The van der Waals surface area contributed by atoms with Gasteiger partial charge in [0.1, 0.15) is 6.61 Å². The number of para-hydroxylation sites is 1. The first-order valence-electron chi connectivity index (χ1n) is 4.31. The Bertz CT molecular complexity index is 420. The Morgan fingerprint density at radius 3 is 3.08 bits per heavy atom. The maximum Gasteiger partial charge on any atom is 0.100 e. The van der Waals surface area contributed by atoms with Gasteiger partial charge in [0.05, 0.1) is 23.9 Å². The molecule has 0 N–H and O–H groups in total. The number of benzene rings is 1. The fraction of sp³-hybridized carbons (Fsp3) is 0.300. The van der Waals surface area contributed by atoms with E-state index < -0.39 is 0 Å². The summed E-state index contributed by atoms with van der Waals surface area (Å²) < 4.78 is 1.90. The lowest BCUT2D eigenvalue weighted by molar-refractivity contribution is 0.182. The molecule has 13 heavy (non-hydrogen) atoms. The largest absolute Gasteiger partial charge is 0.328 e. The molecule has 0 saturated carbocycles. The van der Waals surface area contributed by atoms with Crippen LogP contribution >= 0.6 is 0 Å². The molecule has 0 spiro atoms. The third-order valence-electron chi connectivity index (χ3n) is 2.18. The molecule has 0 atom stereocenters. The molecular weight excluding hydrogens is 164 g/mol. The first-order chi connectivity index (χ1) is 6.33. The smallest absolute Gasteiger partial charge is 0.100 e. The molecule has 67 valence electrons. The van der Waals surface area contributed by atoms with E-state index in [2.05, 4.69) is 4.98 Å². The zero-order chi connectivity index (χ0) is 9.26. The van der Waals surface area contributed by atoms with Crippen LogP contribution in [0.25, 0.3) is 11.0 Å². The maximum absolute atomic E-state index is 10.5. The number of aromatic nitrogens is 2. The van der Waals surface area contributed by atoms with Crippen molar-refractivity contribution in [2.75, 3.05) is 6.61 Å². The highest BCUT2D eigenvalue weighted by Crippen LogP contribution is 2.15. The number of imidazole rings is 1. The Morgan fingerprint density at radius 1 is 1.46 bits per heavy atom. The highest BCUT2D eigenvalue weighted by atomic mass is 16.3. The molecule has 0 fully saturated rings. The maximum atomic E-state index is 10.5. The fourth-order valence-corrected chi connectivity index (χ4v) is 1.51. The van der Waals surface area contributed by atoms with E-state index in [1.54, 1.807) is 6.33 Å². The predicted octanol–water partition coefficient (Wildman–Crippen LogP) is 1.78. The molecule has 0 unspecified atom stereocenters. The van der Waals surface area contributed by atoms with Gasteiger partial charge in [-0.25, -0.2) is 10.1 Å². The second-order valence-corrected chi connectivity index (χ2v) is 3.08. The summed E-state index contributed by atoms with van der Waals surface area (Å²) in [6.45, 7) is 2.43. The van der Waals surface area contributed by atoms with Crippen LogP contribution in [0.5, 0.6) is 0 Å². The molecule has 2 rings (SSSR count). The van der Waals surface area contributed by atoms with E-state index in [1.165, 1.54) is 0 Å². The number of nitrogens with zero attached hydrogens (tertiary/aromatic N) is 2. The summed E-state index contributed by atoms with van der Waals surface area (Å²) in [5.74, 6) is 0. The van der Waals surface area contributed by atoms with Crippen molar-refractivity contribution in [3.05, 3.63) is 30.1 Å². The highest BCUT2D eigenvalue weighted by molar-refractivity contribution is 5.78. The van der Waals surface area contributed by atoms with Crippen molar-refractivity contribution in [3.63, 3.8) is 0 Å². The molecule has 0 aliphatic carbocycles. The van der Waals surface area contributed by atoms with E-state index >= 15 is 0 Å². The van der Waals surface area contributed by atoms with Gasteiger partial charge >= 0.3 is 0 Å². The first kappa shape index (κ1) is 8.26. The lowest BCUT2D eigenvalue weighted by atomic mass is 10.2. The van der Waals surface area contributed by atoms with Gasteiger partial charge in [0.25, 0.3) is 0 Å². The van der Waals surface area contributed by atoms with Gasteiger partial charge in [-0.2, -0.15) is 0 Å². The van der Waals surface area contributed by atoms with Crippen LogP contribution in [-0.4, -0.2) is 16.2 Å². The minimum atomic E-state index is -0.0978. The minimum absolute atomic E-state index is 0.0978. The Balaban J connectivity index is 2.61. The van der Waals surface area contributed by atoms with Gasteiger partial charge in [0.15, 0.2) is 0 Å². The van der Waals surface area contributed by atoms with Gasteiger partial charge in [0.2, 0.25) is 0 Å². The minimum Gasteiger partial charge on any atom is -0.328 e. The van der Waals surface area contributed by atoms with Gasteiger partial charge in [0, 0.05) is 0 Å². The molecular formula is C10H11N2O.